The van der Waals surface area contributed by atoms with Crippen LogP contribution in [0, 0.1) is 12.8 Å². The zero-order valence-electron chi connectivity index (χ0n) is 15.3. The maximum absolute atomic E-state index is 13.2. The third-order valence-corrected chi connectivity index (χ3v) is 7.55. The molecule has 0 spiro atoms. The van der Waals surface area contributed by atoms with Gasteiger partial charge in [0.2, 0.25) is 5.91 Å². The van der Waals surface area contributed by atoms with E-state index in [1.807, 2.05) is 43.3 Å². The smallest absolute Gasteiger partial charge is 0.317 e. The van der Waals surface area contributed by atoms with E-state index in [-0.39, 0.29) is 16.7 Å². The van der Waals surface area contributed by atoms with Gasteiger partial charge in [0.25, 0.3) is 0 Å². The highest BCUT2D eigenvalue weighted by Gasteiger charge is 2.51. The first-order chi connectivity index (χ1) is 14.0. The molecular weight excluding hydrogens is 408 g/mol. The van der Waals surface area contributed by atoms with E-state index in [9.17, 15) is 14.4 Å². The molecule has 2 aromatic carbocycles. The fourth-order valence-electron chi connectivity index (χ4n) is 3.91. The Morgan fingerprint density at radius 1 is 1.14 bits per heavy atom. The fraction of sp³-hybridized carbons (Fsp3) is 0.190. The molecule has 3 atom stereocenters. The number of benzene rings is 2. The summed E-state index contributed by atoms with van der Waals surface area (Å²) in [5, 5.41) is 2.84. The van der Waals surface area contributed by atoms with Crippen LogP contribution in [-0.4, -0.2) is 22.1 Å². The van der Waals surface area contributed by atoms with E-state index >= 15 is 0 Å². The van der Waals surface area contributed by atoms with Gasteiger partial charge in [0, 0.05) is 22.0 Å². The third kappa shape index (κ3) is 3.08. The number of thiazole rings is 1. The lowest BCUT2D eigenvalue weighted by Gasteiger charge is -2.38. The van der Waals surface area contributed by atoms with Crippen LogP contribution in [0.2, 0.25) is 0 Å². The van der Waals surface area contributed by atoms with Crippen LogP contribution in [0.3, 0.4) is 0 Å². The van der Waals surface area contributed by atoms with Gasteiger partial charge in [0.05, 0.1) is 10.9 Å². The number of ether oxygens (including phenoxy) is 1. The summed E-state index contributed by atoms with van der Waals surface area (Å²) >= 11 is 2.31. The van der Waals surface area contributed by atoms with Crippen molar-refractivity contribution in [1.82, 2.24) is 4.98 Å². The molecule has 0 radical (unpaired) electrons. The molecule has 146 valence electrons. The van der Waals surface area contributed by atoms with Crippen molar-refractivity contribution >= 4 is 40.7 Å². The molecule has 1 amide bonds. The summed E-state index contributed by atoms with van der Waals surface area (Å²) in [5.41, 5.74) is 2.51. The third-order valence-electron chi connectivity index (χ3n) is 5.14. The van der Waals surface area contributed by atoms with Crippen LogP contribution in [0.1, 0.15) is 21.9 Å². The number of hydrogen-bond acceptors (Lipinski definition) is 6. The van der Waals surface area contributed by atoms with Gasteiger partial charge in [-0.3, -0.25) is 14.4 Å². The SMILES string of the molecule is Cc1cccc(NC(=O)[C@@H]2Sc3[nH]c(=O)sc3[C@H]3c4ccccc4OC(=O)[C@H]32)c1. The molecule has 0 unspecified atom stereocenters. The van der Waals surface area contributed by atoms with E-state index in [1.54, 1.807) is 12.1 Å². The van der Waals surface area contributed by atoms with Crippen molar-refractivity contribution in [2.45, 2.75) is 23.1 Å². The summed E-state index contributed by atoms with van der Waals surface area (Å²) in [5.74, 6) is -1.35. The Kier molecular flexibility index (Phi) is 4.33. The van der Waals surface area contributed by atoms with Gasteiger partial charge in [0.1, 0.15) is 11.0 Å². The molecule has 0 saturated heterocycles. The Balaban J connectivity index is 1.59. The first kappa shape index (κ1) is 18.2. The number of fused-ring (bicyclic) bond motifs is 5. The average Bonchev–Trinajstić information content (AvgIpc) is 3.07. The highest BCUT2D eigenvalue weighted by Crippen LogP contribution is 2.53. The minimum atomic E-state index is -0.723. The summed E-state index contributed by atoms with van der Waals surface area (Å²) in [6, 6.07) is 14.8. The lowest BCUT2D eigenvalue weighted by atomic mass is 9.80. The van der Waals surface area contributed by atoms with Crippen LogP contribution in [0.15, 0.2) is 58.4 Å². The molecular formula is C21H16N2O4S2. The highest BCUT2D eigenvalue weighted by atomic mass is 32.2. The van der Waals surface area contributed by atoms with Crippen molar-refractivity contribution < 1.29 is 14.3 Å². The first-order valence-corrected chi connectivity index (χ1v) is 10.8. The van der Waals surface area contributed by atoms with Crippen LogP contribution in [-0.2, 0) is 9.59 Å². The Hall–Kier alpha value is -2.84. The highest BCUT2D eigenvalue weighted by molar-refractivity contribution is 8.00. The summed E-state index contributed by atoms with van der Waals surface area (Å²) in [6.07, 6.45) is 0. The second-order valence-electron chi connectivity index (χ2n) is 7.07. The normalized spacial score (nSPS) is 22.1. The molecule has 3 aromatic rings. The number of thioether (sulfide) groups is 1. The Morgan fingerprint density at radius 2 is 1.97 bits per heavy atom. The molecule has 2 aliphatic rings. The van der Waals surface area contributed by atoms with Crippen molar-refractivity contribution in [3.8, 4) is 5.75 Å². The van der Waals surface area contributed by atoms with Crippen LogP contribution in [0.25, 0.3) is 0 Å². The van der Waals surface area contributed by atoms with Gasteiger partial charge in [-0.15, -0.1) is 0 Å². The van der Waals surface area contributed by atoms with Gasteiger partial charge in [-0.05, 0) is 30.7 Å². The number of rotatable bonds is 2. The second-order valence-corrected chi connectivity index (χ2v) is 9.23. The molecule has 3 heterocycles. The van der Waals surface area contributed by atoms with Gasteiger partial charge in [-0.2, -0.15) is 0 Å². The molecule has 0 aliphatic carbocycles. The van der Waals surface area contributed by atoms with Crippen LogP contribution >= 0.6 is 23.1 Å². The van der Waals surface area contributed by atoms with Crippen LogP contribution in [0.5, 0.6) is 5.75 Å². The van der Waals surface area contributed by atoms with Crippen molar-refractivity contribution in [2.24, 2.45) is 5.92 Å². The topological polar surface area (TPSA) is 88.3 Å². The predicted octanol–water partition coefficient (Wildman–Crippen LogP) is 3.52. The molecule has 1 aromatic heterocycles. The van der Waals surface area contributed by atoms with E-state index in [2.05, 4.69) is 10.3 Å². The van der Waals surface area contributed by atoms with Crippen molar-refractivity contribution in [3.63, 3.8) is 0 Å². The summed E-state index contributed by atoms with van der Waals surface area (Å²) in [4.78, 5) is 41.6. The summed E-state index contributed by atoms with van der Waals surface area (Å²) < 4.78 is 5.56. The molecule has 29 heavy (non-hydrogen) atoms. The van der Waals surface area contributed by atoms with Gasteiger partial charge >= 0.3 is 10.8 Å². The Labute approximate surface area is 174 Å². The number of amides is 1. The zero-order valence-corrected chi connectivity index (χ0v) is 16.9. The number of nitrogens with one attached hydrogen (secondary N) is 2. The monoisotopic (exact) mass is 424 g/mol. The van der Waals surface area contributed by atoms with Crippen molar-refractivity contribution in [2.75, 3.05) is 5.32 Å². The Morgan fingerprint density at radius 3 is 2.79 bits per heavy atom. The average molecular weight is 425 g/mol. The van der Waals surface area contributed by atoms with Gasteiger partial charge in [0.15, 0.2) is 0 Å². The second kappa shape index (κ2) is 6.89. The van der Waals surface area contributed by atoms with Crippen LogP contribution < -0.4 is 14.9 Å². The molecule has 0 saturated carbocycles. The number of anilines is 1. The van der Waals surface area contributed by atoms with Gasteiger partial charge < -0.3 is 15.0 Å². The number of aromatic nitrogens is 1. The maximum atomic E-state index is 13.2. The quantitative estimate of drug-likeness (QED) is 0.485. The zero-order chi connectivity index (χ0) is 20.1. The molecule has 5 rings (SSSR count). The largest absolute Gasteiger partial charge is 0.426 e. The standard InChI is InChI=1S/C21H16N2O4S2/c1-10-5-4-6-11(9-10)22-18(24)16-15-14(17-19(28-16)23-21(26)29-17)12-7-2-3-8-13(12)27-20(15)25/h2-9,14-16H,1H3,(H,22,24)(H,23,26)/t14-,15+,16+/m0/s1. The number of para-hydroxylation sites is 1. The summed E-state index contributed by atoms with van der Waals surface area (Å²) in [7, 11) is 0. The van der Waals surface area contributed by atoms with E-state index in [0.29, 0.717) is 16.5 Å². The van der Waals surface area contributed by atoms with Crippen molar-refractivity contribution in [3.05, 3.63) is 74.2 Å². The minimum absolute atomic E-state index is 0.197. The molecule has 8 heteroatoms. The predicted molar refractivity (Wildman–Crippen MR) is 112 cm³/mol. The van der Waals surface area contributed by atoms with E-state index in [0.717, 1.165) is 27.3 Å². The molecule has 0 bridgehead atoms. The van der Waals surface area contributed by atoms with Crippen LogP contribution in [0.4, 0.5) is 5.69 Å². The lowest BCUT2D eigenvalue weighted by molar-refractivity contribution is -0.142. The molecule has 0 fully saturated rings. The minimum Gasteiger partial charge on any atom is -0.426 e. The number of esters is 1. The van der Waals surface area contributed by atoms with E-state index in [1.165, 1.54) is 11.8 Å². The van der Waals surface area contributed by atoms with Crippen molar-refractivity contribution in [1.29, 1.82) is 0 Å². The number of carbonyl (C=O) groups is 2. The molecule has 2 N–H and O–H groups in total. The number of aryl methyl sites for hydroxylation is 1. The van der Waals surface area contributed by atoms with E-state index in [4.69, 9.17) is 4.74 Å². The maximum Gasteiger partial charge on any atom is 0.317 e. The lowest BCUT2D eigenvalue weighted by Crippen LogP contribution is -2.46. The Bertz CT molecular complexity index is 1200. The fourth-order valence-corrected chi connectivity index (χ4v) is 6.37. The number of carbonyl (C=O) groups excluding carboxylic acids is 2. The van der Waals surface area contributed by atoms with Gasteiger partial charge in [-0.25, -0.2) is 0 Å². The van der Waals surface area contributed by atoms with Gasteiger partial charge in [-0.1, -0.05) is 53.4 Å². The molecule has 2 aliphatic heterocycles. The summed E-state index contributed by atoms with van der Waals surface area (Å²) in [6.45, 7) is 1.94. The first-order valence-electron chi connectivity index (χ1n) is 9.09. The number of aromatic amines is 1. The van der Waals surface area contributed by atoms with E-state index < -0.39 is 17.1 Å². The molecule has 6 nitrogen and oxygen atoms in total. The number of hydrogen-bond donors (Lipinski definition) is 2. The number of H-pyrrole nitrogens is 1.